The van der Waals surface area contributed by atoms with E-state index in [9.17, 15) is 0 Å². The normalized spacial score (nSPS) is 11.7. The highest BCUT2D eigenvalue weighted by atomic mass is 32.1. The molecule has 0 aliphatic rings. The molecule has 0 fully saturated rings. The maximum Gasteiger partial charge on any atom is 0.179 e. The van der Waals surface area contributed by atoms with Gasteiger partial charge in [-0.25, -0.2) is 0 Å². The summed E-state index contributed by atoms with van der Waals surface area (Å²) < 4.78 is 8.80. The van der Waals surface area contributed by atoms with E-state index in [-0.39, 0.29) is 13.5 Å². The van der Waals surface area contributed by atoms with Gasteiger partial charge in [0.1, 0.15) is 11.2 Å². The van der Waals surface area contributed by atoms with Crippen LogP contribution in [0.2, 0.25) is 0 Å². The van der Waals surface area contributed by atoms with Gasteiger partial charge in [0, 0.05) is 27.2 Å². The van der Waals surface area contributed by atoms with Crippen LogP contribution in [-0.4, -0.2) is 12.6 Å². The number of thiol groups is 1. The third-order valence-electron chi connectivity index (χ3n) is 11.7. The van der Waals surface area contributed by atoms with Crippen molar-refractivity contribution in [3.8, 4) is 27.9 Å². The molecule has 9 aromatic carbocycles. The van der Waals surface area contributed by atoms with Crippen molar-refractivity contribution in [2.24, 2.45) is 0 Å². The molecule has 276 valence electrons. The van der Waals surface area contributed by atoms with E-state index in [1.54, 1.807) is 0 Å². The number of para-hydroxylation sites is 2. The SMILES string of the molecule is [SH-].c1ccc([Si](c2ccccc2)(c2ccccc2)c2cccc(-c3cccc(-c4ccc5oc6ccc(-n7c8ccccc8c8ccccc87)cc6c5c4)c3)c2)cc1. The van der Waals surface area contributed by atoms with E-state index in [0.29, 0.717) is 0 Å². The second-order valence-corrected chi connectivity index (χ2v) is 18.7. The first-order valence-corrected chi connectivity index (χ1v) is 21.6. The third kappa shape index (κ3) is 5.72. The van der Waals surface area contributed by atoms with Gasteiger partial charge in [-0.15, -0.1) is 0 Å². The van der Waals surface area contributed by atoms with Gasteiger partial charge in [-0.2, -0.15) is 0 Å². The molecule has 2 nitrogen and oxygen atoms in total. The molecule has 0 aliphatic carbocycles. The summed E-state index contributed by atoms with van der Waals surface area (Å²) in [5, 5.41) is 10.2. The number of hydrogen-bond acceptors (Lipinski definition) is 2. The van der Waals surface area contributed by atoms with E-state index in [0.717, 1.165) is 33.2 Å². The van der Waals surface area contributed by atoms with Crippen LogP contribution in [-0.2, 0) is 13.5 Å². The van der Waals surface area contributed by atoms with Crippen molar-refractivity contribution in [2.45, 2.75) is 0 Å². The molecule has 0 atom stereocenters. The number of benzene rings is 9. The van der Waals surface area contributed by atoms with E-state index >= 15 is 0 Å². The number of rotatable bonds is 7. The van der Waals surface area contributed by atoms with Crippen molar-refractivity contribution in [1.29, 1.82) is 0 Å². The second-order valence-electron chi connectivity index (χ2n) is 14.9. The summed E-state index contributed by atoms with van der Waals surface area (Å²) in [5.41, 5.74) is 10.0. The Morgan fingerprint density at radius 1 is 0.310 bits per heavy atom. The van der Waals surface area contributed by atoms with Gasteiger partial charge in [0.05, 0.1) is 11.0 Å². The molecule has 0 amide bonds. The van der Waals surface area contributed by atoms with Crippen molar-refractivity contribution in [3.63, 3.8) is 0 Å². The molecule has 0 saturated carbocycles. The average molecular weight is 777 g/mol. The Morgan fingerprint density at radius 3 is 1.31 bits per heavy atom. The summed E-state index contributed by atoms with van der Waals surface area (Å²) in [6.07, 6.45) is 0. The van der Waals surface area contributed by atoms with Gasteiger partial charge in [-0.05, 0) is 91.5 Å². The zero-order chi connectivity index (χ0) is 37.8. The van der Waals surface area contributed by atoms with Crippen LogP contribution in [0.5, 0.6) is 0 Å². The summed E-state index contributed by atoms with van der Waals surface area (Å²) in [6, 6.07) is 82.1. The smallest absolute Gasteiger partial charge is 0.179 e. The lowest BCUT2D eigenvalue weighted by atomic mass is 9.98. The molecular weight excluding hydrogens is 739 g/mol. The summed E-state index contributed by atoms with van der Waals surface area (Å²) in [6.45, 7) is 0. The molecule has 0 saturated heterocycles. The van der Waals surface area contributed by atoms with E-state index in [1.807, 2.05) is 0 Å². The van der Waals surface area contributed by atoms with Gasteiger partial charge in [0.2, 0.25) is 0 Å². The van der Waals surface area contributed by atoms with E-state index < -0.39 is 8.07 Å². The fourth-order valence-electron chi connectivity index (χ4n) is 9.16. The molecule has 4 heteroatoms. The molecule has 11 aromatic rings. The highest BCUT2D eigenvalue weighted by Gasteiger charge is 2.41. The predicted octanol–water partition coefficient (Wildman–Crippen LogP) is 11.1. The molecule has 58 heavy (non-hydrogen) atoms. The van der Waals surface area contributed by atoms with Crippen LogP contribution in [0.3, 0.4) is 0 Å². The zero-order valence-electron chi connectivity index (χ0n) is 31.7. The quantitative estimate of drug-likeness (QED) is 0.0694. The first kappa shape index (κ1) is 35.6. The van der Waals surface area contributed by atoms with Gasteiger partial charge in [-0.1, -0.05) is 176 Å². The Bertz CT molecular complexity index is 3090. The van der Waals surface area contributed by atoms with Crippen molar-refractivity contribution in [1.82, 2.24) is 4.57 Å². The molecule has 0 unspecified atom stereocenters. The van der Waals surface area contributed by atoms with Crippen LogP contribution >= 0.6 is 0 Å². The summed E-state index contributed by atoms with van der Waals surface area (Å²) >= 11 is 0. The van der Waals surface area contributed by atoms with Crippen LogP contribution in [0.25, 0.3) is 71.7 Å². The lowest BCUT2D eigenvalue weighted by Gasteiger charge is -2.34. The van der Waals surface area contributed by atoms with Crippen LogP contribution in [0.15, 0.2) is 229 Å². The fourth-order valence-corrected chi connectivity index (χ4v) is 14.0. The zero-order valence-corrected chi connectivity index (χ0v) is 33.6. The number of aromatic nitrogens is 1. The first-order valence-electron chi connectivity index (χ1n) is 19.6. The molecule has 11 rings (SSSR count). The largest absolute Gasteiger partial charge is 0.813 e. The van der Waals surface area contributed by atoms with E-state index in [4.69, 9.17) is 4.42 Å². The molecule has 2 aromatic heterocycles. The molecule has 0 spiro atoms. The Labute approximate surface area is 345 Å². The highest BCUT2D eigenvalue weighted by Crippen LogP contribution is 2.37. The van der Waals surface area contributed by atoms with Gasteiger partial charge < -0.3 is 22.5 Å². The van der Waals surface area contributed by atoms with Gasteiger partial charge in [0.15, 0.2) is 8.07 Å². The monoisotopic (exact) mass is 776 g/mol. The summed E-state index contributed by atoms with van der Waals surface area (Å²) in [7, 11) is -2.66. The lowest BCUT2D eigenvalue weighted by Crippen LogP contribution is -2.74. The lowest BCUT2D eigenvalue weighted by molar-refractivity contribution is 0.669. The molecular formula is C54H38NOSSi-. The minimum Gasteiger partial charge on any atom is -0.813 e. The number of furan rings is 1. The second kappa shape index (κ2) is 14.6. The Kier molecular flexibility index (Phi) is 8.94. The molecule has 0 N–H and O–H groups in total. The number of hydrogen-bond donors (Lipinski definition) is 0. The maximum absolute atomic E-state index is 6.43. The number of nitrogens with zero attached hydrogens (tertiary/aromatic N) is 1. The van der Waals surface area contributed by atoms with E-state index in [2.05, 4.69) is 229 Å². The molecule has 0 bridgehead atoms. The highest BCUT2D eigenvalue weighted by molar-refractivity contribution is 7.37. The van der Waals surface area contributed by atoms with Crippen molar-refractivity contribution >= 4 is 86.1 Å². The van der Waals surface area contributed by atoms with Gasteiger partial charge in [0.25, 0.3) is 0 Å². The molecule has 0 aliphatic heterocycles. The van der Waals surface area contributed by atoms with Crippen molar-refractivity contribution < 1.29 is 4.42 Å². The summed E-state index contributed by atoms with van der Waals surface area (Å²) in [5.74, 6) is 0. The van der Waals surface area contributed by atoms with Crippen LogP contribution in [0, 0.1) is 0 Å². The Balaban J connectivity index is 0.00000408. The van der Waals surface area contributed by atoms with Crippen LogP contribution in [0.4, 0.5) is 0 Å². The summed E-state index contributed by atoms with van der Waals surface area (Å²) in [4.78, 5) is 0. The van der Waals surface area contributed by atoms with Crippen molar-refractivity contribution in [3.05, 3.63) is 224 Å². The first-order chi connectivity index (χ1) is 28.3. The number of fused-ring (bicyclic) bond motifs is 6. The van der Waals surface area contributed by atoms with Crippen molar-refractivity contribution in [2.75, 3.05) is 0 Å². The molecule has 2 heterocycles. The fraction of sp³-hybridized carbons (Fsp3) is 0. The Hall–Kier alpha value is -6.85. The average Bonchev–Trinajstić information content (AvgIpc) is 3.83. The Morgan fingerprint density at radius 2 is 0.741 bits per heavy atom. The predicted molar refractivity (Wildman–Crippen MR) is 251 cm³/mol. The molecule has 0 radical (unpaired) electrons. The van der Waals surface area contributed by atoms with Gasteiger partial charge in [-0.3, -0.25) is 0 Å². The standard InChI is InChI=1S/C54H37NOSi.H2S/c1-4-19-43(20-5-1)57(44-21-6-2-7-22-44,45-23-8-3-9-24-45)46-25-15-18-40(35-46)38-16-14-17-39(34-38)41-30-32-53-49(36-41)50-37-42(31-33-54(50)56-53)55-51-28-12-10-26-47(51)48-27-11-13-29-52(48)55;/h1-37H;1H2/p-1. The third-order valence-corrected chi connectivity index (χ3v) is 16.5. The maximum atomic E-state index is 6.43. The van der Waals surface area contributed by atoms with Crippen LogP contribution in [0.1, 0.15) is 0 Å². The van der Waals surface area contributed by atoms with Gasteiger partial charge >= 0.3 is 0 Å². The van der Waals surface area contributed by atoms with E-state index in [1.165, 1.54) is 59.2 Å². The minimum atomic E-state index is -2.66. The topological polar surface area (TPSA) is 18.1 Å². The van der Waals surface area contributed by atoms with Crippen LogP contribution < -0.4 is 20.7 Å². The minimum absolute atomic E-state index is 0.